The number of rotatable bonds is 6. The lowest BCUT2D eigenvalue weighted by Gasteiger charge is -2.06. The first-order valence-corrected chi connectivity index (χ1v) is 9.30. The fourth-order valence-corrected chi connectivity index (χ4v) is 3.18. The summed E-state index contributed by atoms with van der Waals surface area (Å²) in [7, 11) is 1.60. The second-order valence-electron chi connectivity index (χ2n) is 6.63. The molecule has 1 aromatic carbocycles. The molecule has 0 radical (unpaired) electrons. The number of ketones is 1. The molecule has 9 heteroatoms. The molecule has 30 heavy (non-hydrogen) atoms. The zero-order chi connectivity index (χ0) is 21.3. The number of carbonyl (C=O) groups is 2. The van der Waals surface area contributed by atoms with E-state index in [-0.39, 0.29) is 35.9 Å². The minimum atomic E-state index is -0.582. The van der Waals surface area contributed by atoms with Crippen molar-refractivity contribution in [1.29, 1.82) is 0 Å². The fraction of sp³-hybridized carbons (Fsp3) is 0.190. The van der Waals surface area contributed by atoms with Crippen LogP contribution in [0.5, 0.6) is 0 Å². The van der Waals surface area contributed by atoms with Gasteiger partial charge in [0.05, 0.1) is 12.8 Å². The van der Waals surface area contributed by atoms with Crippen molar-refractivity contribution in [2.75, 3.05) is 6.61 Å². The van der Waals surface area contributed by atoms with E-state index in [2.05, 4.69) is 15.2 Å². The summed E-state index contributed by atoms with van der Waals surface area (Å²) in [6, 6.07) is 9.51. The van der Waals surface area contributed by atoms with Gasteiger partial charge < -0.3 is 4.74 Å². The van der Waals surface area contributed by atoms with Crippen LogP contribution in [-0.2, 0) is 18.2 Å². The molecule has 152 valence electrons. The summed E-state index contributed by atoms with van der Waals surface area (Å²) in [5.74, 6) is -0.839. The Morgan fingerprint density at radius 3 is 2.80 bits per heavy atom. The minimum absolute atomic E-state index is 0.0462. The summed E-state index contributed by atoms with van der Waals surface area (Å²) in [6.45, 7) is 1.90. The lowest BCUT2D eigenvalue weighted by atomic mass is 10.1. The highest BCUT2D eigenvalue weighted by Crippen LogP contribution is 2.19. The number of hydrogen-bond donors (Lipinski definition) is 0. The first kappa shape index (κ1) is 19.4. The lowest BCUT2D eigenvalue weighted by Crippen LogP contribution is -2.15. The summed E-state index contributed by atoms with van der Waals surface area (Å²) >= 11 is 0. The number of aryl methyl sites for hydroxylation is 1. The van der Waals surface area contributed by atoms with E-state index in [1.165, 1.54) is 23.0 Å². The number of halogens is 1. The van der Waals surface area contributed by atoms with Crippen LogP contribution in [0.3, 0.4) is 0 Å². The third kappa shape index (κ3) is 3.69. The number of aromatic nitrogens is 5. The molecule has 0 bridgehead atoms. The number of Topliss-reactive ketones (excluding diaryl/α,β-unsaturated/α-hetero) is 1. The third-order valence-corrected chi connectivity index (χ3v) is 4.55. The van der Waals surface area contributed by atoms with Crippen molar-refractivity contribution < 1.29 is 18.7 Å². The molecule has 0 N–H and O–H groups in total. The van der Waals surface area contributed by atoms with E-state index in [9.17, 15) is 14.0 Å². The summed E-state index contributed by atoms with van der Waals surface area (Å²) in [6.07, 6.45) is 3.06. The number of fused-ring (bicyclic) bond motifs is 1. The van der Waals surface area contributed by atoms with Gasteiger partial charge in [-0.3, -0.25) is 9.48 Å². The van der Waals surface area contributed by atoms with Crippen molar-refractivity contribution in [3.63, 3.8) is 0 Å². The molecule has 3 aromatic heterocycles. The first-order chi connectivity index (χ1) is 14.5. The Kier molecular flexibility index (Phi) is 5.09. The molecule has 4 aromatic rings. The number of pyridine rings is 1. The topological polar surface area (TPSA) is 91.4 Å². The molecule has 0 saturated heterocycles. The average molecular weight is 407 g/mol. The van der Waals surface area contributed by atoms with Gasteiger partial charge in [0.15, 0.2) is 17.3 Å². The van der Waals surface area contributed by atoms with Crippen LogP contribution in [0.2, 0.25) is 0 Å². The van der Waals surface area contributed by atoms with Gasteiger partial charge in [0, 0.05) is 25.2 Å². The summed E-state index contributed by atoms with van der Waals surface area (Å²) in [5.41, 5.74) is 2.11. The fourth-order valence-electron chi connectivity index (χ4n) is 3.18. The van der Waals surface area contributed by atoms with Gasteiger partial charge in [-0.05, 0) is 36.8 Å². The number of nitrogens with zero attached hydrogens (tertiary/aromatic N) is 5. The Morgan fingerprint density at radius 2 is 2.03 bits per heavy atom. The Hall–Kier alpha value is -3.88. The quantitative estimate of drug-likeness (QED) is 0.361. The number of hydrogen-bond acceptors (Lipinski definition) is 6. The molecule has 4 rings (SSSR count). The van der Waals surface area contributed by atoms with Gasteiger partial charge in [0.25, 0.3) is 0 Å². The van der Waals surface area contributed by atoms with Crippen molar-refractivity contribution in [1.82, 2.24) is 24.4 Å². The molecule has 0 aliphatic rings. The maximum absolute atomic E-state index is 13.5. The highest BCUT2D eigenvalue weighted by atomic mass is 19.1. The first-order valence-electron chi connectivity index (χ1n) is 9.30. The largest absolute Gasteiger partial charge is 0.462 e. The summed E-state index contributed by atoms with van der Waals surface area (Å²) in [5, 5.41) is 8.36. The normalized spacial score (nSPS) is 11.0. The smallest absolute Gasteiger partial charge is 0.342 e. The highest BCUT2D eigenvalue weighted by molar-refractivity contribution is 6.05. The Bertz CT molecular complexity index is 1260. The molecule has 0 saturated carbocycles. The van der Waals surface area contributed by atoms with Gasteiger partial charge in [-0.2, -0.15) is 5.10 Å². The van der Waals surface area contributed by atoms with E-state index >= 15 is 0 Å². The monoisotopic (exact) mass is 407 g/mol. The Morgan fingerprint density at radius 1 is 1.20 bits per heavy atom. The van der Waals surface area contributed by atoms with Gasteiger partial charge in [-0.1, -0.05) is 12.1 Å². The standard InChI is InChI=1S/C21H18FN5O3/c1-3-30-21(29)16-12-23-26(2)19(16)17(28)9-13-7-8-27-18(10-13)24-20(25-27)14-5-4-6-15(22)11-14/h4-8,10-12H,3,9H2,1-2H3. The molecule has 0 aliphatic carbocycles. The molecular weight excluding hydrogens is 389 g/mol. The predicted molar refractivity (Wildman–Crippen MR) is 106 cm³/mol. The Labute approximate surface area is 170 Å². The van der Waals surface area contributed by atoms with E-state index in [1.54, 1.807) is 48.9 Å². The second kappa shape index (κ2) is 7.86. The van der Waals surface area contributed by atoms with E-state index in [0.29, 0.717) is 22.6 Å². The maximum atomic E-state index is 13.5. The zero-order valence-corrected chi connectivity index (χ0v) is 16.4. The van der Waals surface area contributed by atoms with Gasteiger partial charge in [-0.25, -0.2) is 18.7 Å². The van der Waals surface area contributed by atoms with E-state index < -0.39 is 5.97 Å². The molecule has 0 aliphatic heterocycles. The highest BCUT2D eigenvalue weighted by Gasteiger charge is 2.23. The third-order valence-electron chi connectivity index (χ3n) is 4.55. The van der Waals surface area contributed by atoms with Crippen molar-refractivity contribution in [3.05, 3.63) is 71.4 Å². The van der Waals surface area contributed by atoms with Crippen molar-refractivity contribution in [2.24, 2.45) is 7.05 Å². The number of carbonyl (C=O) groups excluding carboxylic acids is 2. The summed E-state index contributed by atoms with van der Waals surface area (Å²) in [4.78, 5) is 29.4. The number of benzene rings is 1. The second-order valence-corrected chi connectivity index (χ2v) is 6.63. The molecular formula is C21H18FN5O3. The van der Waals surface area contributed by atoms with E-state index in [4.69, 9.17) is 4.74 Å². The van der Waals surface area contributed by atoms with Crippen molar-refractivity contribution in [2.45, 2.75) is 13.3 Å². The van der Waals surface area contributed by atoms with E-state index in [1.807, 2.05) is 0 Å². The SMILES string of the molecule is CCOC(=O)c1cnn(C)c1C(=O)Cc1ccn2nc(-c3cccc(F)c3)nc2c1. The van der Waals surface area contributed by atoms with Gasteiger partial charge >= 0.3 is 5.97 Å². The van der Waals surface area contributed by atoms with Crippen LogP contribution in [0.25, 0.3) is 17.0 Å². The molecule has 0 fully saturated rings. The predicted octanol–water partition coefficient (Wildman–Crippen LogP) is 2.87. The van der Waals surface area contributed by atoms with Gasteiger partial charge in [0.2, 0.25) is 0 Å². The van der Waals surface area contributed by atoms with Crippen LogP contribution in [0.4, 0.5) is 4.39 Å². The van der Waals surface area contributed by atoms with Crippen LogP contribution in [-0.4, -0.2) is 42.7 Å². The lowest BCUT2D eigenvalue weighted by molar-refractivity contribution is 0.0522. The number of esters is 1. The molecule has 0 unspecified atom stereocenters. The van der Waals surface area contributed by atoms with Gasteiger partial charge in [0.1, 0.15) is 17.1 Å². The molecule has 0 amide bonds. The van der Waals surface area contributed by atoms with Crippen LogP contribution in [0, 0.1) is 5.82 Å². The van der Waals surface area contributed by atoms with Crippen LogP contribution >= 0.6 is 0 Å². The Balaban J connectivity index is 1.61. The zero-order valence-electron chi connectivity index (χ0n) is 16.4. The van der Waals surface area contributed by atoms with Crippen LogP contribution < -0.4 is 0 Å². The minimum Gasteiger partial charge on any atom is -0.462 e. The average Bonchev–Trinajstić information content (AvgIpc) is 3.31. The molecule has 8 nitrogen and oxygen atoms in total. The van der Waals surface area contributed by atoms with Crippen molar-refractivity contribution >= 4 is 17.4 Å². The molecule has 0 atom stereocenters. The van der Waals surface area contributed by atoms with Crippen LogP contribution in [0.1, 0.15) is 33.3 Å². The number of ether oxygens (including phenoxy) is 1. The molecule has 0 spiro atoms. The molecule has 3 heterocycles. The van der Waals surface area contributed by atoms with Crippen LogP contribution in [0.15, 0.2) is 48.8 Å². The van der Waals surface area contributed by atoms with E-state index in [0.717, 1.165) is 0 Å². The van der Waals surface area contributed by atoms with Crippen molar-refractivity contribution in [3.8, 4) is 11.4 Å². The maximum Gasteiger partial charge on any atom is 0.342 e. The van der Waals surface area contributed by atoms with Gasteiger partial charge in [-0.15, -0.1) is 5.10 Å². The summed E-state index contributed by atoms with van der Waals surface area (Å²) < 4.78 is 21.4.